The van der Waals surface area contributed by atoms with E-state index in [-0.39, 0.29) is 30.8 Å². The molecule has 128 valence electrons. The van der Waals surface area contributed by atoms with E-state index in [9.17, 15) is 14.7 Å². The molecule has 2 N–H and O–H groups in total. The number of aliphatic hydroxyl groups is 1. The van der Waals surface area contributed by atoms with Crippen LogP contribution in [0.3, 0.4) is 0 Å². The van der Waals surface area contributed by atoms with Gasteiger partial charge in [0.15, 0.2) is 0 Å². The van der Waals surface area contributed by atoms with E-state index in [4.69, 9.17) is 4.42 Å². The van der Waals surface area contributed by atoms with Crippen LogP contribution < -0.4 is 5.32 Å². The molecule has 2 amide bonds. The minimum absolute atomic E-state index is 0.0393. The summed E-state index contributed by atoms with van der Waals surface area (Å²) in [7, 11) is 0. The third kappa shape index (κ3) is 3.62. The summed E-state index contributed by atoms with van der Waals surface area (Å²) in [5.74, 6) is -0.498. The van der Waals surface area contributed by atoms with Crippen LogP contribution in [0.25, 0.3) is 0 Å². The Bertz CT molecular complexity index is 711. The molecular formula is C15H18N4O5. The van der Waals surface area contributed by atoms with Gasteiger partial charge in [-0.05, 0) is 19.4 Å². The Morgan fingerprint density at radius 3 is 2.92 bits per heavy atom. The molecule has 0 aromatic carbocycles. The van der Waals surface area contributed by atoms with Gasteiger partial charge in [-0.15, -0.1) is 0 Å². The normalized spacial score (nSPS) is 20.8. The third-order valence-corrected chi connectivity index (χ3v) is 3.92. The zero-order valence-corrected chi connectivity index (χ0v) is 13.1. The second kappa shape index (κ2) is 6.83. The minimum Gasteiger partial charge on any atom is -0.472 e. The Morgan fingerprint density at radius 2 is 2.25 bits per heavy atom. The lowest BCUT2D eigenvalue weighted by molar-refractivity contribution is -0.121. The summed E-state index contributed by atoms with van der Waals surface area (Å²) < 4.78 is 9.47. The maximum atomic E-state index is 12.4. The summed E-state index contributed by atoms with van der Waals surface area (Å²) in [6.07, 6.45) is 2.50. The quantitative estimate of drug-likeness (QED) is 0.801. The van der Waals surface area contributed by atoms with Gasteiger partial charge >= 0.3 is 0 Å². The molecule has 2 aromatic rings. The lowest BCUT2D eigenvalue weighted by Gasteiger charge is -2.35. The van der Waals surface area contributed by atoms with E-state index in [0.29, 0.717) is 29.9 Å². The molecule has 0 spiro atoms. The predicted molar refractivity (Wildman–Crippen MR) is 79.9 cm³/mol. The Balaban J connectivity index is 1.60. The SMILES string of the molecule is Cc1nonc1CC(=O)N[C@H]1C[C@@H](O)CN(C(=O)c2ccoc2)C1. The number of aromatic nitrogens is 2. The number of aryl methyl sites for hydroxylation is 1. The van der Waals surface area contributed by atoms with E-state index >= 15 is 0 Å². The molecule has 0 saturated carbocycles. The van der Waals surface area contributed by atoms with Gasteiger partial charge in [-0.1, -0.05) is 10.3 Å². The molecule has 1 aliphatic rings. The van der Waals surface area contributed by atoms with Crippen molar-refractivity contribution in [2.24, 2.45) is 0 Å². The monoisotopic (exact) mass is 334 g/mol. The highest BCUT2D eigenvalue weighted by Crippen LogP contribution is 2.15. The molecule has 0 bridgehead atoms. The topological polar surface area (TPSA) is 122 Å². The van der Waals surface area contributed by atoms with Crippen LogP contribution in [0.4, 0.5) is 0 Å². The first kappa shape index (κ1) is 16.2. The van der Waals surface area contributed by atoms with Gasteiger partial charge < -0.3 is 19.7 Å². The fourth-order valence-corrected chi connectivity index (χ4v) is 2.75. The molecule has 9 nitrogen and oxygen atoms in total. The number of β-amino-alcohol motifs (C(OH)–C–C–N with tert-alkyl or cyclic N) is 1. The van der Waals surface area contributed by atoms with Gasteiger partial charge in [-0.3, -0.25) is 9.59 Å². The number of nitrogens with one attached hydrogen (secondary N) is 1. The number of aliphatic hydroxyl groups excluding tert-OH is 1. The minimum atomic E-state index is -0.699. The molecule has 3 heterocycles. The van der Waals surface area contributed by atoms with E-state index in [1.54, 1.807) is 13.0 Å². The average molecular weight is 334 g/mol. The molecule has 0 radical (unpaired) electrons. The summed E-state index contributed by atoms with van der Waals surface area (Å²) in [6.45, 7) is 2.25. The summed E-state index contributed by atoms with van der Waals surface area (Å²) in [6, 6.07) is 1.23. The summed E-state index contributed by atoms with van der Waals surface area (Å²) in [5, 5.41) is 20.1. The van der Waals surface area contributed by atoms with Crippen LogP contribution >= 0.6 is 0 Å². The van der Waals surface area contributed by atoms with Crippen LogP contribution in [-0.4, -0.2) is 57.4 Å². The van der Waals surface area contributed by atoms with Gasteiger partial charge in [-0.25, -0.2) is 4.63 Å². The molecule has 9 heteroatoms. The van der Waals surface area contributed by atoms with E-state index in [1.165, 1.54) is 17.4 Å². The van der Waals surface area contributed by atoms with Crippen molar-refractivity contribution in [3.63, 3.8) is 0 Å². The number of nitrogens with zero attached hydrogens (tertiary/aromatic N) is 3. The standard InChI is InChI=1S/C15H18N4O5/c1-9-13(18-24-17-9)5-14(21)16-11-4-12(20)7-19(6-11)15(22)10-2-3-23-8-10/h2-3,8,11-12,20H,4-7H2,1H3,(H,16,21)/t11-,12+/m0/s1. The maximum Gasteiger partial charge on any atom is 0.257 e. The highest BCUT2D eigenvalue weighted by atomic mass is 16.6. The fourth-order valence-electron chi connectivity index (χ4n) is 2.75. The molecule has 2 aromatic heterocycles. The smallest absolute Gasteiger partial charge is 0.257 e. The molecule has 2 atom stereocenters. The molecule has 1 saturated heterocycles. The first-order valence-corrected chi connectivity index (χ1v) is 7.60. The first-order chi connectivity index (χ1) is 11.5. The second-order valence-corrected chi connectivity index (χ2v) is 5.85. The number of carbonyl (C=O) groups excluding carboxylic acids is 2. The maximum absolute atomic E-state index is 12.4. The molecule has 0 aliphatic carbocycles. The van der Waals surface area contributed by atoms with Gasteiger partial charge in [0.1, 0.15) is 17.7 Å². The highest BCUT2D eigenvalue weighted by molar-refractivity contribution is 5.94. The van der Waals surface area contributed by atoms with Gasteiger partial charge in [0.05, 0.1) is 24.4 Å². The van der Waals surface area contributed by atoms with Gasteiger partial charge in [0.2, 0.25) is 5.91 Å². The molecular weight excluding hydrogens is 316 g/mol. The average Bonchev–Trinajstić information content (AvgIpc) is 3.18. The number of amides is 2. The Morgan fingerprint density at radius 1 is 1.42 bits per heavy atom. The predicted octanol–water partition coefficient (Wildman–Crippen LogP) is -0.0947. The number of piperidine rings is 1. The van der Waals surface area contributed by atoms with E-state index in [1.807, 2.05) is 0 Å². The number of furan rings is 1. The van der Waals surface area contributed by atoms with Crippen LogP contribution in [0.2, 0.25) is 0 Å². The zero-order chi connectivity index (χ0) is 17.1. The highest BCUT2D eigenvalue weighted by Gasteiger charge is 2.30. The van der Waals surface area contributed by atoms with E-state index in [2.05, 4.69) is 20.3 Å². The van der Waals surface area contributed by atoms with Crippen molar-refractivity contribution >= 4 is 11.8 Å². The zero-order valence-electron chi connectivity index (χ0n) is 13.1. The van der Waals surface area contributed by atoms with Crippen molar-refractivity contribution in [1.82, 2.24) is 20.5 Å². The van der Waals surface area contributed by atoms with Crippen molar-refractivity contribution in [3.05, 3.63) is 35.5 Å². The Labute approximate surface area is 137 Å². The molecule has 1 aliphatic heterocycles. The molecule has 3 rings (SSSR count). The summed E-state index contributed by atoms with van der Waals surface area (Å²) >= 11 is 0. The van der Waals surface area contributed by atoms with Crippen molar-refractivity contribution in [2.45, 2.75) is 31.9 Å². The summed E-state index contributed by atoms with van der Waals surface area (Å²) in [5.41, 5.74) is 1.44. The molecule has 0 unspecified atom stereocenters. The number of hydrogen-bond donors (Lipinski definition) is 2. The molecule has 24 heavy (non-hydrogen) atoms. The number of likely N-dealkylation sites (tertiary alicyclic amines) is 1. The lowest BCUT2D eigenvalue weighted by Crippen LogP contribution is -2.54. The van der Waals surface area contributed by atoms with E-state index < -0.39 is 6.10 Å². The van der Waals surface area contributed by atoms with Crippen molar-refractivity contribution in [3.8, 4) is 0 Å². The van der Waals surface area contributed by atoms with Gasteiger partial charge in [-0.2, -0.15) is 0 Å². The molecule has 1 fully saturated rings. The van der Waals surface area contributed by atoms with Crippen molar-refractivity contribution in [2.75, 3.05) is 13.1 Å². The van der Waals surface area contributed by atoms with Gasteiger partial charge in [0, 0.05) is 19.1 Å². The van der Waals surface area contributed by atoms with Crippen molar-refractivity contribution < 1.29 is 23.7 Å². The van der Waals surface area contributed by atoms with Crippen LogP contribution in [0, 0.1) is 6.92 Å². The second-order valence-electron chi connectivity index (χ2n) is 5.85. The van der Waals surface area contributed by atoms with Gasteiger partial charge in [0.25, 0.3) is 5.91 Å². The lowest BCUT2D eigenvalue weighted by atomic mass is 10.0. The van der Waals surface area contributed by atoms with Crippen LogP contribution in [0.15, 0.2) is 27.6 Å². The summed E-state index contributed by atoms with van der Waals surface area (Å²) in [4.78, 5) is 26.0. The van der Waals surface area contributed by atoms with Crippen LogP contribution in [0.1, 0.15) is 28.2 Å². The first-order valence-electron chi connectivity index (χ1n) is 7.60. The Kier molecular flexibility index (Phi) is 4.61. The fraction of sp³-hybridized carbons (Fsp3) is 0.467. The number of carbonyl (C=O) groups is 2. The number of hydrogen-bond acceptors (Lipinski definition) is 7. The Hall–Kier alpha value is -2.68. The largest absolute Gasteiger partial charge is 0.472 e. The van der Waals surface area contributed by atoms with Crippen LogP contribution in [0.5, 0.6) is 0 Å². The number of rotatable bonds is 4. The third-order valence-electron chi connectivity index (χ3n) is 3.92. The van der Waals surface area contributed by atoms with E-state index in [0.717, 1.165) is 0 Å². The van der Waals surface area contributed by atoms with Crippen molar-refractivity contribution in [1.29, 1.82) is 0 Å². The van der Waals surface area contributed by atoms with Crippen LogP contribution in [-0.2, 0) is 11.2 Å².